The molecule has 1 unspecified atom stereocenters. The molecule has 0 aliphatic heterocycles. The van der Waals surface area contributed by atoms with Crippen molar-refractivity contribution in [2.75, 3.05) is 14.2 Å². The second kappa shape index (κ2) is 5.60. The highest BCUT2D eigenvalue weighted by Crippen LogP contribution is 2.27. The van der Waals surface area contributed by atoms with Crippen molar-refractivity contribution in [2.24, 2.45) is 0 Å². The maximum atomic E-state index is 5.36. The molecule has 0 saturated heterocycles. The molecule has 0 saturated carbocycles. The van der Waals surface area contributed by atoms with Crippen molar-refractivity contribution < 1.29 is 4.74 Å². The quantitative estimate of drug-likeness (QED) is 0.893. The first kappa shape index (κ1) is 12.5. The number of aromatic nitrogens is 2. The van der Waals surface area contributed by atoms with Crippen molar-refractivity contribution in [2.45, 2.75) is 13.0 Å². The zero-order valence-electron chi connectivity index (χ0n) is 10.8. The third-order valence-corrected chi connectivity index (χ3v) is 2.91. The van der Waals surface area contributed by atoms with Gasteiger partial charge in [-0.15, -0.1) is 0 Å². The van der Waals surface area contributed by atoms with E-state index in [1.165, 1.54) is 0 Å². The largest absolute Gasteiger partial charge is 0.495 e. The summed E-state index contributed by atoms with van der Waals surface area (Å²) in [7, 11) is 3.55. The number of nitrogens with zero attached hydrogens (tertiary/aromatic N) is 2. The number of aryl methyl sites for hydroxylation is 1. The van der Waals surface area contributed by atoms with Crippen LogP contribution in [-0.2, 0) is 0 Å². The first-order chi connectivity index (χ1) is 8.77. The fraction of sp³-hybridized carbons (Fsp3) is 0.286. The second-order valence-electron chi connectivity index (χ2n) is 4.02. The Morgan fingerprint density at radius 3 is 2.39 bits per heavy atom. The van der Waals surface area contributed by atoms with Crippen molar-refractivity contribution >= 4 is 0 Å². The van der Waals surface area contributed by atoms with Crippen molar-refractivity contribution in [3.05, 3.63) is 53.6 Å². The highest BCUT2D eigenvalue weighted by Gasteiger charge is 2.20. The summed E-state index contributed by atoms with van der Waals surface area (Å²) in [6.07, 6.45) is 3.56. The van der Waals surface area contributed by atoms with Gasteiger partial charge in [-0.1, -0.05) is 6.07 Å². The van der Waals surface area contributed by atoms with Crippen molar-refractivity contribution in [3.8, 4) is 5.75 Å². The van der Waals surface area contributed by atoms with Gasteiger partial charge in [0.1, 0.15) is 11.4 Å². The van der Waals surface area contributed by atoms with E-state index in [1.807, 2.05) is 38.2 Å². The van der Waals surface area contributed by atoms with Crippen LogP contribution >= 0.6 is 0 Å². The van der Waals surface area contributed by atoms with Gasteiger partial charge in [0.15, 0.2) is 0 Å². The van der Waals surface area contributed by atoms with E-state index >= 15 is 0 Å². The number of ether oxygens (including phenoxy) is 1. The summed E-state index contributed by atoms with van der Waals surface area (Å²) in [6.45, 7) is 2.04. The van der Waals surface area contributed by atoms with E-state index in [1.54, 1.807) is 19.5 Å². The molecule has 2 aromatic rings. The van der Waals surface area contributed by atoms with Crippen LogP contribution in [-0.4, -0.2) is 24.1 Å². The van der Waals surface area contributed by atoms with Gasteiger partial charge in [0, 0.05) is 12.4 Å². The SMILES string of the molecule is CNC(c1ncccc1C)c1ncccc1OC. The van der Waals surface area contributed by atoms with Gasteiger partial charge in [0.25, 0.3) is 0 Å². The van der Waals surface area contributed by atoms with Gasteiger partial charge in [-0.2, -0.15) is 0 Å². The van der Waals surface area contributed by atoms with Gasteiger partial charge < -0.3 is 10.1 Å². The Labute approximate surface area is 107 Å². The molecule has 1 N–H and O–H groups in total. The topological polar surface area (TPSA) is 47.0 Å². The summed E-state index contributed by atoms with van der Waals surface area (Å²) in [5.74, 6) is 0.766. The van der Waals surface area contributed by atoms with Gasteiger partial charge in [0.2, 0.25) is 0 Å². The molecule has 2 rings (SSSR count). The third kappa shape index (κ3) is 2.33. The van der Waals surface area contributed by atoms with E-state index < -0.39 is 0 Å². The van der Waals surface area contributed by atoms with Crippen molar-refractivity contribution in [1.29, 1.82) is 0 Å². The molecule has 4 nitrogen and oxygen atoms in total. The Morgan fingerprint density at radius 1 is 1.11 bits per heavy atom. The lowest BCUT2D eigenvalue weighted by Crippen LogP contribution is -2.21. The average molecular weight is 243 g/mol. The van der Waals surface area contributed by atoms with Gasteiger partial charge >= 0.3 is 0 Å². The Balaban J connectivity index is 2.49. The number of rotatable bonds is 4. The highest BCUT2D eigenvalue weighted by atomic mass is 16.5. The molecule has 2 aromatic heterocycles. The van der Waals surface area contributed by atoms with E-state index in [0.29, 0.717) is 0 Å². The normalized spacial score (nSPS) is 12.2. The number of hydrogen-bond donors (Lipinski definition) is 1. The van der Waals surface area contributed by atoms with Crippen LogP contribution in [0.3, 0.4) is 0 Å². The molecule has 0 aliphatic rings. The zero-order chi connectivity index (χ0) is 13.0. The number of pyridine rings is 2. The number of nitrogens with one attached hydrogen (secondary N) is 1. The maximum absolute atomic E-state index is 5.36. The van der Waals surface area contributed by atoms with E-state index in [-0.39, 0.29) is 6.04 Å². The van der Waals surface area contributed by atoms with E-state index in [9.17, 15) is 0 Å². The maximum Gasteiger partial charge on any atom is 0.142 e. The smallest absolute Gasteiger partial charge is 0.142 e. The first-order valence-corrected chi connectivity index (χ1v) is 5.85. The zero-order valence-corrected chi connectivity index (χ0v) is 10.8. The fourth-order valence-corrected chi connectivity index (χ4v) is 2.00. The van der Waals surface area contributed by atoms with E-state index in [4.69, 9.17) is 4.74 Å². The van der Waals surface area contributed by atoms with Crippen LogP contribution in [0.2, 0.25) is 0 Å². The van der Waals surface area contributed by atoms with Crippen LogP contribution in [0.5, 0.6) is 5.75 Å². The number of methoxy groups -OCH3 is 1. The monoisotopic (exact) mass is 243 g/mol. The van der Waals surface area contributed by atoms with Crippen molar-refractivity contribution in [1.82, 2.24) is 15.3 Å². The molecule has 0 aromatic carbocycles. The molecule has 94 valence electrons. The van der Waals surface area contributed by atoms with Crippen LogP contribution in [0.4, 0.5) is 0 Å². The third-order valence-electron chi connectivity index (χ3n) is 2.91. The Morgan fingerprint density at radius 2 is 1.78 bits per heavy atom. The highest BCUT2D eigenvalue weighted by molar-refractivity contribution is 5.36. The summed E-state index contributed by atoms with van der Waals surface area (Å²) in [5.41, 5.74) is 2.95. The lowest BCUT2D eigenvalue weighted by molar-refractivity contribution is 0.401. The number of hydrogen-bond acceptors (Lipinski definition) is 4. The summed E-state index contributed by atoms with van der Waals surface area (Å²) < 4.78 is 5.36. The molecule has 18 heavy (non-hydrogen) atoms. The lowest BCUT2D eigenvalue weighted by atomic mass is 10.0. The summed E-state index contributed by atoms with van der Waals surface area (Å²) >= 11 is 0. The molecular formula is C14H17N3O. The summed E-state index contributed by atoms with van der Waals surface area (Å²) in [5, 5.41) is 3.25. The Hall–Kier alpha value is -1.94. The second-order valence-corrected chi connectivity index (χ2v) is 4.02. The summed E-state index contributed by atoms with van der Waals surface area (Å²) in [6, 6.07) is 7.68. The van der Waals surface area contributed by atoms with Gasteiger partial charge in [-0.05, 0) is 37.7 Å². The molecular weight excluding hydrogens is 226 g/mol. The summed E-state index contributed by atoms with van der Waals surface area (Å²) in [4.78, 5) is 8.85. The first-order valence-electron chi connectivity index (χ1n) is 5.85. The molecule has 2 heterocycles. The minimum Gasteiger partial charge on any atom is -0.495 e. The molecule has 4 heteroatoms. The predicted octanol–water partition coefficient (Wildman–Crippen LogP) is 2.10. The van der Waals surface area contributed by atoms with Crippen LogP contribution in [0.15, 0.2) is 36.7 Å². The van der Waals surface area contributed by atoms with Crippen LogP contribution in [0.25, 0.3) is 0 Å². The van der Waals surface area contributed by atoms with Crippen LogP contribution in [0.1, 0.15) is 23.0 Å². The van der Waals surface area contributed by atoms with Crippen LogP contribution in [0, 0.1) is 6.92 Å². The lowest BCUT2D eigenvalue weighted by Gasteiger charge is -2.19. The molecule has 0 bridgehead atoms. The predicted molar refractivity (Wildman–Crippen MR) is 70.7 cm³/mol. The minimum absolute atomic E-state index is 0.0673. The van der Waals surface area contributed by atoms with E-state index in [0.717, 1.165) is 22.7 Å². The molecule has 0 amide bonds. The molecule has 0 radical (unpaired) electrons. The van der Waals surface area contributed by atoms with Crippen molar-refractivity contribution in [3.63, 3.8) is 0 Å². The fourth-order valence-electron chi connectivity index (χ4n) is 2.00. The molecule has 1 atom stereocenters. The van der Waals surface area contributed by atoms with Crippen LogP contribution < -0.4 is 10.1 Å². The standard InChI is InChI=1S/C14H17N3O/c1-10-6-4-8-16-12(10)14(15-2)13-11(18-3)7-5-9-17-13/h4-9,14-15H,1-3H3. The molecule has 0 fully saturated rings. The average Bonchev–Trinajstić information content (AvgIpc) is 2.42. The Kier molecular flexibility index (Phi) is 3.89. The molecule has 0 spiro atoms. The van der Waals surface area contributed by atoms with Gasteiger partial charge in [-0.3, -0.25) is 9.97 Å². The minimum atomic E-state index is -0.0673. The van der Waals surface area contributed by atoms with Gasteiger partial charge in [-0.25, -0.2) is 0 Å². The molecule has 0 aliphatic carbocycles. The van der Waals surface area contributed by atoms with E-state index in [2.05, 4.69) is 15.3 Å². The Bertz CT molecular complexity index is 528. The van der Waals surface area contributed by atoms with Gasteiger partial charge in [0.05, 0.1) is 18.8 Å².